The van der Waals surface area contributed by atoms with Gasteiger partial charge in [-0.15, -0.1) is 0 Å². The smallest absolute Gasteiger partial charge is 0.257 e. The maximum Gasteiger partial charge on any atom is 0.257 e. The van der Waals surface area contributed by atoms with Crippen molar-refractivity contribution < 1.29 is 14.3 Å². The summed E-state index contributed by atoms with van der Waals surface area (Å²) in [6.07, 6.45) is 0. The fourth-order valence-corrected chi connectivity index (χ4v) is 2.09. The molecule has 102 valence electrons. The fourth-order valence-electron chi connectivity index (χ4n) is 1.89. The predicted octanol–water partition coefficient (Wildman–Crippen LogP) is 2.90. The number of halogens is 1. The van der Waals surface area contributed by atoms with Gasteiger partial charge in [0.2, 0.25) is 6.79 Å². The molecule has 3 N–H and O–H groups in total. The number of carbonyl (C=O) groups excluding carboxylic acids is 1. The molecule has 0 aliphatic carbocycles. The summed E-state index contributed by atoms with van der Waals surface area (Å²) in [6.45, 7) is 0.188. The van der Waals surface area contributed by atoms with Crippen molar-refractivity contribution >= 4 is 28.9 Å². The topological polar surface area (TPSA) is 73.6 Å². The largest absolute Gasteiger partial charge is 0.454 e. The zero-order valence-corrected chi connectivity index (χ0v) is 11.1. The van der Waals surface area contributed by atoms with Crippen LogP contribution in [0.2, 0.25) is 5.02 Å². The molecule has 3 rings (SSSR count). The van der Waals surface area contributed by atoms with Crippen molar-refractivity contribution in [3.8, 4) is 11.5 Å². The number of hydrogen-bond acceptors (Lipinski definition) is 4. The van der Waals surface area contributed by atoms with Gasteiger partial charge in [-0.2, -0.15) is 0 Å². The average Bonchev–Trinajstić information content (AvgIpc) is 2.89. The lowest BCUT2D eigenvalue weighted by Gasteiger charge is -2.08. The first kappa shape index (κ1) is 12.6. The van der Waals surface area contributed by atoms with Crippen LogP contribution in [0, 0.1) is 0 Å². The first-order valence-corrected chi connectivity index (χ1v) is 6.27. The molecule has 0 saturated heterocycles. The van der Waals surface area contributed by atoms with Crippen LogP contribution in [0.1, 0.15) is 10.4 Å². The molecule has 0 fully saturated rings. The van der Waals surface area contributed by atoms with E-state index in [-0.39, 0.29) is 12.7 Å². The summed E-state index contributed by atoms with van der Waals surface area (Å²) < 4.78 is 10.5. The molecule has 1 heterocycles. The Bertz CT molecular complexity index is 688. The molecule has 2 aromatic rings. The number of carbonyl (C=O) groups is 1. The van der Waals surface area contributed by atoms with Crippen LogP contribution in [0.4, 0.5) is 11.4 Å². The predicted molar refractivity (Wildman–Crippen MR) is 76.4 cm³/mol. The molecule has 0 atom stereocenters. The summed E-state index contributed by atoms with van der Waals surface area (Å²) in [5.74, 6) is 0.924. The minimum Gasteiger partial charge on any atom is -0.454 e. The molecular formula is C14H11ClN2O3. The minimum absolute atomic E-state index is 0.188. The fraction of sp³-hybridized carbons (Fsp3) is 0.0714. The summed E-state index contributed by atoms with van der Waals surface area (Å²) in [7, 11) is 0. The van der Waals surface area contributed by atoms with Crippen LogP contribution >= 0.6 is 11.6 Å². The van der Waals surface area contributed by atoms with Gasteiger partial charge in [0.15, 0.2) is 11.5 Å². The Balaban J connectivity index is 1.84. The van der Waals surface area contributed by atoms with E-state index >= 15 is 0 Å². The van der Waals surface area contributed by atoms with E-state index in [9.17, 15) is 4.79 Å². The van der Waals surface area contributed by atoms with E-state index in [0.29, 0.717) is 33.5 Å². The standard InChI is InChI=1S/C14H11ClN2O3/c15-11-3-1-8(16)5-10(11)14(18)17-9-2-4-12-13(6-9)20-7-19-12/h1-6H,7,16H2,(H,17,18). The molecular weight excluding hydrogens is 280 g/mol. The third kappa shape index (κ3) is 2.35. The molecule has 0 saturated carbocycles. The van der Waals surface area contributed by atoms with Crippen molar-refractivity contribution in [1.82, 2.24) is 0 Å². The van der Waals surface area contributed by atoms with Crippen molar-refractivity contribution in [2.75, 3.05) is 17.8 Å². The van der Waals surface area contributed by atoms with Crippen molar-refractivity contribution in [2.24, 2.45) is 0 Å². The van der Waals surface area contributed by atoms with Crippen molar-refractivity contribution in [2.45, 2.75) is 0 Å². The van der Waals surface area contributed by atoms with Gasteiger partial charge in [-0.25, -0.2) is 0 Å². The first-order chi connectivity index (χ1) is 9.63. The number of amides is 1. The molecule has 1 amide bonds. The van der Waals surface area contributed by atoms with Crippen LogP contribution in [0.25, 0.3) is 0 Å². The monoisotopic (exact) mass is 290 g/mol. The van der Waals surface area contributed by atoms with Gasteiger partial charge in [0, 0.05) is 17.4 Å². The molecule has 0 bridgehead atoms. The van der Waals surface area contributed by atoms with Crippen molar-refractivity contribution in [3.63, 3.8) is 0 Å². The second kappa shape index (κ2) is 4.94. The second-order valence-electron chi connectivity index (χ2n) is 4.26. The van der Waals surface area contributed by atoms with E-state index in [0.717, 1.165) is 0 Å². The van der Waals surface area contributed by atoms with Gasteiger partial charge in [-0.1, -0.05) is 11.6 Å². The van der Waals surface area contributed by atoms with Gasteiger partial charge in [-0.3, -0.25) is 4.79 Å². The van der Waals surface area contributed by atoms with Gasteiger partial charge in [0.1, 0.15) is 0 Å². The highest BCUT2D eigenvalue weighted by molar-refractivity contribution is 6.34. The molecule has 20 heavy (non-hydrogen) atoms. The lowest BCUT2D eigenvalue weighted by Crippen LogP contribution is -2.12. The Morgan fingerprint density at radius 2 is 1.95 bits per heavy atom. The average molecular weight is 291 g/mol. The van der Waals surface area contributed by atoms with E-state index < -0.39 is 0 Å². The Labute approximate surface area is 120 Å². The van der Waals surface area contributed by atoms with Crippen LogP contribution in [-0.4, -0.2) is 12.7 Å². The van der Waals surface area contributed by atoms with E-state index in [1.54, 1.807) is 30.3 Å². The number of ether oxygens (including phenoxy) is 2. The molecule has 1 aliphatic heterocycles. The van der Waals surface area contributed by atoms with Crippen LogP contribution < -0.4 is 20.5 Å². The Morgan fingerprint density at radius 3 is 2.80 bits per heavy atom. The normalized spacial score (nSPS) is 12.2. The summed E-state index contributed by atoms with van der Waals surface area (Å²) in [5, 5.41) is 3.09. The Hall–Kier alpha value is -2.40. The third-order valence-corrected chi connectivity index (χ3v) is 3.20. The minimum atomic E-state index is -0.332. The maximum absolute atomic E-state index is 12.2. The van der Waals surface area contributed by atoms with Gasteiger partial charge < -0.3 is 20.5 Å². The third-order valence-electron chi connectivity index (χ3n) is 2.87. The number of anilines is 2. The Morgan fingerprint density at radius 1 is 1.15 bits per heavy atom. The number of rotatable bonds is 2. The van der Waals surface area contributed by atoms with Crippen LogP contribution in [-0.2, 0) is 0 Å². The number of nitrogen functional groups attached to an aromatic ring is 1. The molecule has 0 unspecified atom stereocenters. The highest BCUT2D eigenvalue weighted by Crippen LogP contribution is 2.34. The van der Waals surface area contributed by atoms with Crippen molar-refractivity contribution in [1.29, 1.82) is 0 Å². The van der Waals surface area contributed by atoms with E-state index in [2.05, 4.69) is 5.32 Å². The van der Waals surface area contributed by atoms with Crippen molar-refractivity contribution in [3.05, 3.63) is 47.0 Å². The molecule has 1 aliphatic rings. The van der Waals surface area contributed by atoms with Gasteiger partial charge in [0.25, 0.3) is 5.91 Å². The van der Waals surface area contributed by atoms with Gasteiger partial charge >= 0.3 is 0 Å². The lowest BCUT2D eigenvalue weighted by molar-refractivity contribution is 0.102. The lowest BCUT2D eigenvalue weighted by atomic mass is 10.2. The summed E-state index contributed by atoms with van der Waals surface area (Å²) in [4.78, 5) is 12.2. The van der Waals surface area contributed by atoms with E-state index in [1.165, 1.54) is 6.07 Å². The second-order valence-corrected chi connectivity index (χ2v) is 4.67. The molecule has 6 heteroatoms. The zero-order chi connectivity index (χ0) is 14.1. The molecule has 5 nitrogen and oxygen atoms in total. The maximum atomic E-state index is 12.2. The van der Waals surface area contributed by atoms with Crippen LogP contribution in [0.5, 0.6) is 11.5 Å². The van der Waals surface area contributed by atoms with E-state index in [1.807, 2.05) is 0 Å². The molecule has 0 aromatic heterocycles. The van der Waals surface area contributed by atoms with Crippen LogP contribution in [0.3, 0.4) is 0 Å². The zero-order valence-electron chi connectivity index (χ0n) is 10.4. The van der Waals surface area contributed by atoms with Gasteiger partial charge in [-0.05, 0) is 30.3 Å². The summed E-state index contributed by atoms with van der Waals surface area (Å²) in [6, 6.07) is 9.92. The number of nitrogens with one attached hydrogen (secondary N) is 1. The number of nitrogens with two attached hydrogens (primary N) is 1. The quantitative estimate of drug-likeness (QED) is 0.834. The molecule has 2 aromatic carbocycles. The number of hydrogen-bond donors (Lipinski definition) is 2. The van der Waals surface area contributed by atoms with Gasteiger partial charge in [0.05, 0.1) is 10.6 Å². The SMILES string of the molecule is Nc1ccc(Cl)c(C(=O)Nc2ccc3c(c2)OCO3)c1. The first-order valence-electron chi connectivity index (χ1n) is 5.89. The van der Waals surface area contributed by atoms with Crippen LogP contribution in [0.15, 0.2) is 36.4 Å². The highest BCUT2D eigenvalue weighted by atomic mass is 35.5. The molecule has 0 radical (unpaired) electrons. The summed E-state index contributed by atoms with van der Waals surface area (Å²) >= 11 is 5.99. The number of fused-ring (bicyclic) bond motifs is 1. The number of benzene rings is 2. The van der Waals surface area contributed by atoms with E-state index in [4.69, 9.17) is 26.8 Å². The molecule has 0 spiro atoms. The Kier molecular flexibility index (Phi) is 3.12. The highest BCUT2D eigenvalue weighted by Gasteiger charge is 2.15. The summed E-state index contributed by atoms with van der Waals surface area (Å²) in [5.41, 5.74) is 7.05.